The Hall–Kier alpha value is -3.12. The third kappa shape index (κ3) is 5.45. The summed E-state index contributed by atoms with van der Waals surface area (Å²) in [4.78, 5) is 12.8. The summed E-state index contributed by atoms with van der Waals surface area (Å²) in [6.07, 6.45) is 4.66. The van der Waals surface area contributed by atoms with Gasteiger partial charge in [0.1, 0.15) is 0 Å². The summed E-state index contributed by atoms with van der Waals surface area (Å²) in [7, 11) is -3.46. The Kier molecular flexibility index (Phi) is 6.56. The highest BCUT2D eigenvalue weighted by molar-refractivity contribution is 7.92. The summed E-state index contributed by atoms with van der Waals surface area (Å²) in [5, 5.41) is 3.07. The van der Waals surface area contributed by atoms with E-state index in [1.807, 2.05) is 44.2 Å². The van der Waals surface area contributed by atoms with Crippen molar-refractivity contribution in [2.75, 3.05) is 10.6 Å². The number of aryl methyl sites for hydroxylation is 3. The lowest BCUT2D eigenvalue weighted by Gasteiger charge is -2.23. The monoisotopic (exact) mass is 462 g/mol. The molecule has 1 amide bonds. The smallest absolute Gasteiger partial charge is 0.251 e. The zero-order chi connectivity index (χ0) is 23.6. The number of nitrogens with one attached hydrogen (secondary N) is 1. The van der Waals surface area contributed by atoms with Crippen LogP contribution in [-0.4, -0.2) is 20.6 Å². The predicted octanol–water partition coefficient (Wildman–Crippen LogP) is 4.94. The molecule has 1 aliphatic rings. The Morgan fingerprint density at radius 3 is 2.42 bits per heavy atom. The molecule has 1 atom stereocenters. The van der Waals surface area contributed by atoms with Gasteiger partial charge in [-0.2, -0.15) is 0 Å². The molecule has 0 unspecified atom stereocenters. The second-order valence-corrected chi connectivity index (χ2v) is 10.8. The first kappa shape index (κ1) is 23.1. The second-order valence-electron chi connectivity index (χ2n) is 8.88. The van der Waals surface area contributed by atoms with Gasteiger partial charge in [0, 0.05) is 5.56 Å². The lowest BCUT2D eigenvalue weighted by atomic mass is 10.0. The molecule has 3 aromatic rings. The molecular weight excluding hydrogens is 432 g/mol. The molecular formula is C27H30N2O3S. The van der Waals surface area contributed by atoms with Crippen molar-refractivity contribution in [3.63, 3.8) is 0 Å². The van der Waals surface area contributed by atoms with Crippen LogP contribution >= 0.6 is 0 Å². The number of fused-ring (bicyclic) bond motifs is 1. The number of carbonyl (C=O) groups excluding carboxylic acids is 1. The van der Waals surface area contributed by atoms with Gasteiger partial charge in [-0.25, -0.2) is 8.42 Å². The van der Waals surface area contributed by atoms with Crippen LogP contribution in [0.1, 0.15) is 57.6 Å². The Bertz CT molecular complexity index is 1270. The minimum atomic E-state index is -3.46. The molecule has 0 aliphatic heterocycles. The number of benzene rings is 3. The number of nitrogens with zero attached hydrogens (tertiary/aromatic N) is 1. The highest BCUT2D eigenvalue weighted by Gasteiger charge is 2.19. The van der Waals surface area contributed by atoms with Crippen molar-refractivity contribution in [2.24, 2.45) is 0 Å². The highest BCUT2D eigenvalue weighted by atomic mass is 32.2. The Morgan fingerprint density at radius 1 is 1.00 bits per heavy atom. The van der Waals surface area contributed by atoms with Crippen LogP contribution in [0.25, 0.3) is 0 Å². The molecule has 0 bridgehead atoms. The standard InChI is InChI=1S/C27H30N2O3S/c1-19-6-4-9-26(16-19)29(33(3,31)32)18-21-10-12-23(13-11-21)27(30)28-20(2)24-15-14-22-7-5-8-25(22)17-24/h4,6,9-17,20H,5,7-8,18H2,1-3H3,(H,28,30)/t20-/m1/s1. The van der Waals surface area contributed by atoms with Gasteiger partial charge in [0.15, 0.2) is 0 Å². The molecule has 0 fully saturated rings. The molecule has 0 radical (unpaired) electrons. The van der Waals surface area contributed by atoms with Gasteiger partial charge in [0.2, 0.25) is 10.0 Å². The third-order valence-electron chi connectivity index (χ3n) is 6.20. The Labute approximate surface area is 196 Å². The Morgan fingerprint density at radius 2 is 1.73 bits per heavy atom. The molecule has 0 aromatic heterocycles. The van der Waals surface area contributed by atoms with Crippen LogP contribution in [0.5, 0.6) is 0 Å². The van der Waals surface area contributed by atoms with E-state index in [0.717, 1.165) is 29.5 Å². The van der Waals surface area contributed by atoms with E-state index in [2.05, 4.69) is 23.5 Å². The molecule has 3 aromatic carbocycles. The van der Waals surface area contributed by atoms with E-state index in [4.69, 9.17) is 0 Å². The lowest BCUT2D eigenvalue weighted by molar-refractivity contribution is 0.0940. The maximum Gasteiger partial charge on any atom is 0.251 e. The summed E-state index contributed by atoms with van der Waals surface area (Å²) in [5.74, 6) is -0.145. The minimum absolute atomic E-state index is 0.0925. The van der Waals surface area contributed by atoms with Crippen molar-refractivity contribution in [1.82, 2.24) is 5.32 Å². The number of hydrogen-bond donors (Lipinski definition) is 1. The largest absolute Gasteiger partial charge is 0.346 e. The van der Waals surface area contributed by atoms with E-state index in [1.165, 1.54) is 28.1 Å². The van der Waals surface area contributed by atoms with Gasteiger partial charge < -0.3 is 5.32 Å². The average molecular weight is 463 g/mol. The maximum absolute atomic E-state index is 12.8. The first-order valence-corrected chi connectivity index (χ1v) is 13.1. The van der Waals surface area contributed by atoms with Gasteiger partial charge in [0.25, 0.3) is 5.91 Å². The van der Waals surface area contributed by atoms with Crippen molar-refractivity contribution in [3.8, 4) is 0 Å². The molecule has 33 heavy (non-hydrogen) atoms. The van der Waals surface area contributed by atoms with Gasteiger partial charge >= 0.3 is 0 Å². The molecule has 172 valence electrons. The van der Waals surface area contributed by atoms with Crippen LogP contribution in [0.2, 0.25) is 0 Å². The molecule has 4 rings (SSSR count). The van der Waals surface area contributed by atoms with Crippen LogP contribution < -0.4 is 9.62 Å². The third-order valence-corrected chi connectivity index (χ3v) is 7.34. The van der Waals surface area contributed by atoms with Gasteiger partial charge in [-0.1, -0.05) is 42.5 Å². The summed E-state index contributed by atoms with van der Waals surface area (Å²) >= 11 is 0. The van der Waals surface area contributed by atoms with E-state index >= 15 is 0 Å². The fraction of sp³-hybridized carbons (Fsp3) is 0.296. The Balaban J connectivity index is 1.45. The van der Waals surface area contributed by atoms with E-state index in [1.54, 1.807) is 18.2 Å². The average Bonchev–Trinajstić information content (AvgIpc) is 3.25. The predicted molar refractivity (Wildman–Crippen MR) is 133 cm³/mol. The zero-order valence-electron chi connectivity index (χ0n) is 19.3. The molecule has 1 N–H and O–H groups in total. The second kappa shape index (κ2) is 9.40. The number of hydrogen-bond acceptors (Lipinski definition) is 3. The quantitative estimate of drug-likeness (QED) is 0.541. The topological polar surface area (TPSA) is 66.5 Å². The van der Waals surface area contributed by atoms with Crippen LogP contribution in [0.3, 0.4) is 0 Å². The van der Waals surface area contributed by atoms with Gasteiger partial charge in [-0.05, 0) is 85.2 Å². The van der Waals surface area contributed by atoms with Crippen molar-refractivity contribution in [2.45, 2.75) is 45.7 Å². The van der Waals surface area contributed by atoms with E-state index in [-0.39, 0.29) is 18.5 Å². The molecule has 6 heteroatoms. The molecule has 1 aliphatic carbocycles. The zero-order valence-corrected chi connectivity index (χ0v) is 20.2. The first-order chi connectivity index (χ1) is 15.7. The van der Waals surface area contributed by atoms with Crippen molar-refractivity contribution >= 4 is 21.6 Å². The summed E-state index contributed by atoms with van der Waals surface area (Å²) < 4.78 is 26.2. The van der Waals surface area contributed by atoms with Crippen molar-refractivity contribution in [1.29, 1.82) is 0 Å². The lowest BCUT2D eigenvalue weighted by Crippen LogP contribution is -2.29. The fourth-order valence-electron chi connectivity index (χ4n) is 4.33. The first-order valence-electron chi connectivity index (χ1n) is 11.3. The molecule has 0 spiro atoms. The fourth-order valence-corrected chi connectivity index (χ4v) is 5.21. The summed E-state index contributed by atoms with van der Waals surface area (Å²) in [5.41, 5.74) is 6.90. The number of anilines is 1. The van der Waals surface area contributed by atoms with Crippen LogP contribution in [-0.2, 0) is 29.4 Å². The van der Waals surface area contributed by atoms with Crippen molar-refractivity contribution < 1.29 is 13.2 Å². The van der Waals surface area contributed by atoms with Crippen LogP contribution in [0.4, 0.5) is 5.69 Å². The van der Waals surface area contributed by atoms with Gasteiger partial charge in [-0.3, -0.25) is 9.10 Å². The van der Waals surface area contributed by atoms with Crippen LogP contribution in [0.15, 0.2) is 66.7 Å². The number of rotatable bonds is 7. The van der Waals surface area contributed by atoms with Crippen molar-refractivity contribution in [3.05, 3.63) is 100 Å². The molecule has 0 saturated heterocycles. The molecule has 0 heterocycles. The number of amides is 1. The maximum atomic E-state index is 12.8. The van der Waals surface area contributed by atoms with Gasteiger partial charge in [0.05, 0.1) is 24.5 Å². The minimum Gasteiger partial charge on any atom is -0.346 e. The normalized spacial score (nSPS) is 13.9. The highest BCUT2D eigenvalue weighted by Crippen LogP contribution is 2.26. The number of carbonyl (C=O) groups is 1. The van der Waals surface area contributed by atoms with Gasteiger partial charge in [-0.15, -0.1) is 0 Å². The van der Waals surface area contributed by atoms with Crippen LogP contribution in [0, 0.1) is 6.92 Å². The summed E-state index contributed by atoms with van der Waals surface area (Å²) in [6.45, 7) is 4.13. The molecule has 0 saturated carbocycles. The van der Waals surface area contributed by atoms with E-state index in [9.17, 15) is 13.2 Å². The summed E-state index contributed by atoms with van der Waals surface area (Å²) in [6, 6.07) is 20.9. The molecule has 5 nitrogen and oxygen atoms in total. The number of sulfonamides is 1. The van der Waals surface area contributed by atoms with E-state index in [0.29, 0.717) is 11.3 Å². The SMILES string of the molecule is Cc1cccc(N(Cc2ccc(C(=O)N[C@H](C)c3ccc4c(c3)CCC4)cc2)S(C)(=O)=O)c1. The van der Waals surface area contributed by atoms with E-state index < -0.39 is 10.0 Å².